The summed E-state index contributed by atoms with van der Waals surface area (Å²) in [6.07, 6.45) is -4.13. The number of aliphatic hydroxyl groups is 1. The molecule has 8 rings (SSSR count). The standard InChI is InChI=1S/C51H55Cl2F3N6O3S2/c1-35-49(53)48(50(59(35)2)36-11-13-39(52)14-12-36)37-7-6-8-43(31-37)62-29-27-61(28-30-62)42-17-15-40(16-18-42)58-67(64,65)46-19-20-47(38(32-46)33-51(54,55)56)57-41(34-66-45-9-4-3-5-10-45)21-24-60-25-22-44(63)23-26-60/h3-20,31-32,41,44,57-58,63H,21-30,33-34H2,1-2H3/t41-/m1/s1. The third-order valence-corrected chi connectivity index (χ3v) is 15.9. The van der Waals surface area contributed by atoms with E-state index in [-0.39, 0.29) is 28.3 Å². The summed E-state index contributed by atoms with van der Waals surface area (Å²) in [5, 5.41) is 14.7. The Balaban J connectivity index is 0.922. The summed E-state index contributed by atoms with van der Waals surface area (Å²) >= 11 is 14.8. The molecule has 0 radical (unpaired) electrons. The van der Waals surface area contributed by atoms with Crippen molar-refractivity contribution in [2.24, 2.45) is 7.05 Å². The minimum absolute atomic E-state index is 0.144. The maximum absolute atomic E-state index is 14.1. The molecule has 0 spiro atoms. The molecular weight excluding hydrogens is 937 g/mol. The van der Waals surface area contributed by atoms with E-state index in [1.165, 1.54) is 12.1 Å². The molecule has 9 nitrogen and oxygen atoms in total. The van der Waals surface area contributed by atoms with Gasteiger partial charge in [0.1, 0.15) is 0 Å². The van der Waals surface area contributed by atoms with Crippen LogP contribution in [0, 0.1) is 6.92 Å². The van der Waals surface area contributed by atoms with Gasteiger partial charge in [0.05, 0.1) is 28.1 Å². The fraction of sp³-hybridized carbons (Fsp3) is 0.333. The number of thioether (sulfide) groups is 1. The molecule has 1 aromatic heterocycles. The maximum atomic E-state index is 14.1. The minimum atomic E-state index is -4.57. The summed E-state index contributed by atoms with van der Waals surface area (Å²) in [7, 11) is -2.23. The lowest BCUT2D eigenvalue weighted by atomic mass is 10.00. The van der Waals surface area contributed by atoms with E-state index in [1.54, 1.807) is 23.9 Å². The van der Waals surface area contributed by atoms with Gasteiger partial charge in [-0.15, -0.1) is 11.8 Å². The molecule has 0 bridgehead atoms. The first-order valence-electron chi connectivity index (χ1n) is 22.5. The van der Waals surface area contributed by atoms with Crippen LogP contribution in [-0.4, -0.2) is 92.9 Å². The average molecular weight is 992 g/mol. The monoisotopic (exact) mass is 990 g/mol. The van der Waals surface area contributed by atoms with Gasteiger partial charge in [-0.25, -0.2) is 8.42 Å². The van der Waals surface area contributed by atoms with Crippen LogP contribution in [0.3, 0.4) is 0 Å². The number of piperazine rings is 1. The van der Waals surface area contributed by atoms with E-state index < -0.39 is 22.6 Å². The van der Waals surface area contributed by atoms with Crippen molar-refractivity contribution in [1.29, 1.82) is 0 Å². The SMILES string of the molecule is Cc1c(Cl)c(-c2cccc(N3CCN(c4ccc(NS(=O)(=O)c5ccc(N[C@H](CCN6CCC(O)CC6)CSc6ccccc6)c(CC(F)(F)F)c5)cc4)CC3)c2)c(-c2ccc(Cl)cc2)n1C. The van der Waals surface area contributed by atoms with Gasteiger partial charge in [-0.3, -0.25) is 4.72 Å². The van der Waals surface area contributed by atoms with Crippen molar-refractivity contribution in [2.45, 2.75) is 60.7 Å². The van der Waals surface area contributed by atoms with E-state index in [2.05, 4.69) is 53.6 Å². The third-order valence-electron chi connectivity index (χ3n) is 12.7. The molecule has 0 amide bonds. The number of nitrogens with one attached hydrogen (secondary N) is 2. The van der Waals surface area contributed by atoms with Gasteiger partial charge >= 0.3 is 6.18 Å². The van der Waals surface area contributed by atoms with Crippen LogP contribution in [0.5, 0.6) is 0 Å². The first-order valence-corrected chi connectivity index (χ1v) is 25.7. The summed E-state index contributed by atoms with van der Waals surface area (Å²) < 4.78 is 74.4. The number of alkyl halides is 3. The Morgan fingerprint density at radius 3 is 2.13 bits per heavy atom. The molecule has 3 N–H and O–H groups in total. The van der Waals surface area contributed by atoms with Gasteiger partial charge in [-0.2, -0.15) is 13.2 Å². The zero-order valence-corrected chi connectivity index (χ0v) is 40.6. The number of anilines is 4. The molecule has 5 aromatic carbocycles. The number of nitrogens with zero attached hydrogens (tertiary/aromatic N) is 4. The summed E-state index contributed by atoms with van der Waals surface area (Å²) in [5.74, 6) is 0.588. The highest BCUT2D eigenvalue weighted by atomic mass is 35.5. The van der Waals surface area contributed by atoms with Gasteiger partial charge in [-0.1, -0.05) is 65.7 Å². The summed E-state index contributed by atoms with van der Waals surface area (Å²) in [4.78, 5) is 7.64. The molecule has 354 valence electrons. The van der Waals surface area contributed by atoms with E-state index in [0.29, 0.717) is 47.3 Å². The van der Waals surface area contributed by atoms with E-state index in [4.69, 9.17) is 23.2 Å². The molecule has 2 saturated heterocycles. The van der Waals surface area contributed by atoms with Crippen LogP contribution in [-0.2, 0) is 23.5 Å². The summed E-state index contributed by atoms with van der Waals surface area (Å²) in [6, 6.07) is 36.8. The molecule has 2 fully saturated rings. The highest BCUT2D eigenvalue weighted by molar-refractivity contribution is 7.99. The van der Waals surface area contributed by atoms with Gasteiger partial charge in [0.2, 0.25) is 0 Å². The molecule has 6 aromatic rings. The summed E-state index contributed by atoms with van der Waals surface area (Å²) in [6.45, 7) is 7.21. The number of benzene rings is 5. The Bertz CT molecular complexity index is 2730. The fourth-order valence-electron chi connectivity index (χ4n) is 8.86. The number of rotatable bonds is 16. The highest BCUT2D eigenvalue weighted by Crippen LogP contribution is 2.43. The molecule has 67 heavy (non-hydrogen) atoms. The molecule has 0 aliphatic carbocycles. The molecule has 0 unspecified atom stereocenters. The number of aromatic nitrogens is 1. The van der Waals surface area contributed by atoms with Crippen molar-refractivity contribution in [3.8, 4) is 22.4 Å². The number of halogens is 5. The van der Waals surface area contributed by atoms with Gasteiger partial charge < -0.3 is 29.7 Å². The zero-order valence-electron chi connectivity index (χ0n) is 37.4. The van der Waals surface area contributed by atoms with Crippen molar-refractivity contribution in [3.63, 3.8) is 0 Å². The zero-order chi connectivity index (χ0) is 47.3. The van der Waals surface area contributed by atoms with E-state index >= 15 is 0 Å². The molecule has 1 atom stereocenters. The Kier molecular flexibility index (Phi) is 15.4. The van der Waals surface area contributed by atoms with Gasteiger partial charge in [0, 0.05) is 109 Å². The Morgan fingerprint density at radius 1 is 0.791 bits per heavy atom. The lowest BCUT2D eigenvalue weighted by Gasteiger charge is -2.37. The molecule has 2 aliphatic rings. The number of piperidine rings is 1. The Labute approximate surface area is 405 Å². The van der Waals surface area contributed by atoms with Crippen LogP contribution in [0.2, 0.25) is 10.0 Å². The topological polar surface area (TPSA) is 93.1 Å². The predicted octanol–water partition coefficient (Wildman–Crippen LogP) is 11.6. The lowest BCUT2D eigenvalue weighted by Crippen LogP contribution is -2.46. The van der Waals surface area contributed by atoms with Crippen molar-refractivity contribution < 1.29 is 26.7 Å². The van der Waals surface area contributed by atoms with Gasteiger partial charge in [-0.05, 0) is 122 Å². The van der Waals surface area contributed by atoms with Gasteiger partial charge in [0.15, 0.2) is 0 Å². The van der Waals surface area contributed by atoms with Crippen molar-refractivity contribution >= 4 is 67.7 Å². The van der Waals surface area contributed by atoms with E-state index in [1.807, 2.05) is 80.7 Å². The van der Waals surface area contributed by atoms with E-state index in [9.17, 15) is 26.7 Å². The Hall–Kier alpha value is -4.83. The largest absolute Gasteiger partial charge is 0.393 e. The number of likely N-dealkylation sites (tertiary alicyclic amines) is 1. The Morgan fingerprint density at radius 2 is 1.46 bits per heavy atom. The molecular formula is C51H55Cl2F3N6O3S2. The van der Waals surface area contributed by atoms with Crippen LogP contribution < -0.4 is 19.8 Å². The van der Waals surface area contributed by atoms with Crippen LogP contribution in [0.1, 0.15) is 30.5 Å². The lowest BCUT2D eigenvalue weighted by molar-refractivity contribution is -0.127. The molecule has 2 aliphatic heterocycles. The van der Waals surface area contributed by atoms with Crippen LogP contribution >= 0.6 is 35.0 Å². The molecule has 3 heterocycles. The second-order valence-electron chi connectivity index (χ2n) is 17.3. The van der Waals surface area contributed by atoms with Gasteiger partial charge in [0.25, 0.3) is 10.0 Å². The number of sulfonamides is 1. The van der Waals surface area contributed by atoms with E-state index in [0.717, 1.165) is 89.7 Å². The molecule has 16 heteroatoms. The summed E-state index contributed by atoms with van der Waals surface area (Å²) in [5.41, 5.74) is 7.41. The third kappa shape index (κ3) is 12.3. The molecule has 0 saturated carbocycles. The highest BCUT2D eigenvalue weighted by Gasteiger charge is 2.31. The number of hydrogen-bond acceptors (Lipinski definition) is 8. The second kappa shape index (κ2) is 21.2. The quantitative estimate of drug-likeness (QED) is 0.0826. The van der Waals surface area contributed by atoms with Crippen LogP contribution in [0.25, 0.3) is 22.4 Å². The minimum Gasteiger partial charge on any atom is -0.393 e. The maximum Gasteiger partial charge on any atom is 0.393 e. The van der Waals surface area contributed by atoms with Crippen molar-refractivity contribution in [1.82, 2.24) is 9.47 Å². The number of hydrogen-bond donors (Lipinski definition) is 3. The smallest absolute Gasteiger partial charge is 0.393 e. The van der Waals surface area contributed by atoms with Crippen molar-refractivity contribution in [2.75, 3.05) is 71.4 Å². The first-order chi connectivity index (χ1) is 32.1. The number of aliphatic hydroxyl groups excluding tert-OH is 1. The van der Waals surface area contributed by atoms with Crippen LogP contribution in [0.15, 0.2) is 131 Å². The fourth-order valence-corrected chi connectivity index (χ4v) is 11.4. The normalized spacial score (nSPS) is 15.8. The first kappa shape index (κ1) is 48.6. The van der Waals surface area contributed by atoms with Crippen LogP contribution in [0.4, 0.5) is 35.9 Å². The second-order valence-corrected chi connectivity index (χ2v) is 20.9. The average Bonchev–Trinajstić information content (AvgIpc) is 3.54. The van der Waals surface area contributed by atoms with Crippen molar-refractivity contribution in [3.05, 3.63) is 143 Å². The predicted molar refractivity (Wildman–Crippen MR) is 270 cm³/mol.